The van der Waals surface area contributed by atoms with E-state index in [4.69, 9.17) is 25.6 Å². The van der Waals surface area contributed by atoms with Crippen LogP contribution in [0, 0.1) is 29.4 Å². The highest BCUT2D eigenvalue weighted by Gasteiger charge is 2.50. The standard InChI is InChI=1S/C38H41F2N5O5/c1-5-23-25(39)10-9-21-16-22(46)17-24(29(21)23)32-31(40)33-30(35(41-32)48-4)34(45-14-15-49-27-18-26(27)45)43-36(42-33)50-20-38-11-6-8-28(38)44(13-7-12-38)19-37(2,3)47/h1,9-10,16-17,26-28,46-47H,6-8,11-15,18-20H2,2-4H3/t26?,27?,28-,38-/m1/s1. The van der Waals surface area contributed by atoms with Crippen molar-refractivity contribution in [2.24, 2.45) is 5.41 Å². The van der Waals surface area contributed by atoms with Crippen LogP contribution in [0.5, 0.6) is 17.6 Å². The number of phenols is 1. The Morgan fingerprint density at radius 2 is 1.94 bits per heavy atom. The fourth-order valence-electron chi connectivity index (χ4n) is 8.76. The average molecular weight is 686 g/mol. The van der Waals surface area contributed by atoms with Crippen molar-refractivity contribution in [1.29, 1.82) is 0 Å². The fraction of sp³-hybridized carbons (Fsp3) is 0.500. The number of terminal acetylenes is 1. The van der Waals surface area contributed by atoms with Crippen molar-refractivity contribution >= 4 is 27.5 Å². The molecule has 2 unspecified atom stereocenters. The van der Waals surface area contributed by atoms with E-state index >= 15 is 4.39 Å². The van der Waals surface area contributed by atoms with E-state index in [1.54, 1.807) is 0 Å². The van der Waals surface area contributed by atoms with E-state index < -0.39 is 17.2 Å². The van der Waals surface area contributed by atoms with Gasteiger partial charge in [-0.2, -0.15) is 9.97 Å². The summed E-state index contributed by atoms with van der Waals surface area (Å²) >= 11 is 0. The van der Waals surface area contributed by atoms with Crippen molar-refractivity contribution in [1.82, 2.24) is 19.9 Å². The Morgan fingerprint density at radius 1 is 1.12 bits per heavy atom. The molecule has 4 aliphatic rings. The molecule has 0 spiro atoms. The number of β-amino-alcohol motifs (C(OH)–C–C–N with tert-alkyl or cyclic N) is 1. The van der Waals surface area contributed by atoms with Crippen molar-refractivity contribution < 1.29 is 33.2 Å². The molecule has 50 heavy (non-hydrogen) atoms. The highest BCUT2D eigenvalue weighted by Crippen LogP contribution is 2.49. The molecule has 4 atom stereocenters. The van der Waals surface area contributed by atoms with Crippen LogP contribution in [0.2, 0.25) is 0 Å². The quantitative estimate of drug-likeness (QED) is 0.228. The molecule has 2 aromatic heterocycles. The van der Waals surface area contributed by atoms with Gasteiger partial charge in [0, 0.05) is 35.5 Å². The third-order valence-corrected chi connectivity index (χ3v) is 10.9. The number of aromatic hydroxyl groups is 1. The smallest absolute Gasteiger partial charge is 0.319 e. The molecule has 2 saturated carbocycles. The number of aliphatic hydroxyl groups is 1. The maximum atomic E-state index is 17.2. The van der Waals surface area contributed by atoms with Gasteiger partial charge in [0.15, 0.2) is 5.82 Å². The van der Waals surface area contributed by atoms with Gasteiger partial charge < -0.3 is 29.3 Å². The number of morpholine rings is 1. The Morgan fingerprint density at radius 3 is 2.72 bits per heavy atom. The van der Waals surface area contributed by atoms with Crippen molar-refractivity contribution in [3.8, 4) is 41.2 Å². The van der Waals surface area contributed by atoms with Crippen LogP contribution in [-0.4, -0.2) is 93.8 Å². The van der Waals surface area contributed by atoms with E-state index in [2.05, 4.69) is 25.7 Å². The number of benzene rings is 2. The predicted octanol–water partition coefficient (Wildman–Crippen LogP) is 5.58. The minimum Gasteiger partial charge on any atom is -0.508 e. The first-order chi connectivity index (χ1) is 24.0. The number of likely N-dealkylation sites (tertiary alicyclic amines) is 1. The van der Waals surface area contributed by atoms with E-state index in [1.807, 2.05) is 13.8 Å². The lowest BCUT2D eigenvalue weighted by molar-refractivity contribution is -0.0431. The van der Waals surface area contributed by atoms with Gasteiger partial charge in [-0.15, -0.1) is 6.42 Å². The summed E-state index contributed by atoms with van der Waals surface area (Å²) in [6.45, 7) is 6.53. The lowest BCUT2D eigenvalue weighted by Crippen LogP contribution is -2.55. The van der Waals surface area contributed by atoms with Crippen LogP contribution in [0.3, 0.4) is 0 Å². The van der Waals surface area contributed by atoms with Gasteiger partial charge in [0.05, 0.1) is 43.6 Å². The molecule has 2 aromatic carbocycles. The second-order valence-electron chi connectivity index (χ2n) is 14.8. The number of halogens is 2. The molecule has 4 fully saturated rings. The molecular weight excluding hydrogens is 644 g/mol. The zero-order valence-electron chi connectivity index (χ0n) is 28.5. The van der Waals surface area contributed by atoms with Crippen LogP contribution in [0.15, 0.2) is 24.3 Å². The molecule has 0 bridgehead atoms. The van der Waals surface area contributed by atoms with Crippen molar-refractivity contribution in [2.45, 2.75) is 76.2 Å². The minimum absolute atomic E-state index is 0.0325. The Bertz CT molecular complexity index is 2050. The first kappa shape index (κ1) is 32.9. The van der Waals surface area contributed by atoms with Gasteiger partial charge >= 0.3 is 6.01 Å². The summed E-state index contributed by atoms with van der Waals surface area (Å²) in [6.07, 6.45) is 11.6. The number of hydrogen-bond acceptors (Lipinski definition) is 10. The summed E-state index contributed by atoms with van der Waals surface area (Å²) in [5.41, 5.74) is -1.23. The number of ether oxygens (including phenoxy) is 3. The van der Waals surface area contributed by atoms with Crippen LogP contribution >= 0.6 is 0 Å². The average Bonchev–Trinajstić information content (AvgIpc) is 3.76. The summed E-state index contributed by atoms with van der Waals surface area (Å²) in [7, 11) is 1.44. The van der Waals surface area contributed by atoms with Crippen LogP contribution in [-0.2, 0) is 4.74 Å². The zero-order valence-corrected chi connectivity index (χ0v) is 28.5. The second-order valence-corrected chi connectivity index (χ2v) is 14.8. The van der Waals surface area contributed by atoms with Crippen LogP contribution in [0.4, 0.5) is 14.6 Å². The summed E-state index contributed by atoms with van der Waals surface area (Å²) in [5, 5.41) is 22.3. The van der Waals surface area contributed by atoms with Crippen LogP contribution in [0.1, 0.15) is 57.9 Å². The van der Waals surface area contributed by atoms with E-state index in [-0.39, 0.29) is 74.4 Å². The molecule has 0 radical (unpaired) electrons. The number of piperidine rings is 1. The molecule has 8 rings (SSSR count). The molecule has 12 heteroatoms. The highest BCUT2D eigenvalue weighted by molar-refractivity contribution is 6.04. The zero-order chi connectivity index (χ0) is 34.9. The van der Waals surface area contributed by atoms with Gasteiger partial charge in [0.25, 0.3) is 0 Å². The van der Waals surface area contributed by atoms with Crippen molar-refractivity contribution in [3.05, 3.63) is 41.5 Å². The number of phenolic OH excluding ortho intramolecular Hbond substituents is 1. The van der Waals surface area contributed by atoms with E-state index in [0.29, 0.717) is 37.5 Å². The molecule has 10 nitrogen and oxygen atoms in total. The number of anilines is 1. The summed E-state index contributed by atoms with van der Waals surface area (Å²) in [4.78, 5) is 18.7. The Hall–Kier alpha value is -4.31. The molecule has 262 valence electrons. The van der Waals surface area contributed by atoms with E-state index in [9.17, 15) is 14.6 Å². The molecule has 2 aliphatic heterocycles. The first-order valence-corrected chi connectivity index (χ1v) is 17.4. The third kappa shape index (κ3) is 5.56. The molecule has 2 N–H and O–H groups in total. The molecule has 2 saturated heterocycles. The minimum atomic E-state index is -0.822. The van der Waals surface area contributed by atoms with E-state index in [1.165, 1.54) is 31.4 Å². The molecular formula is C38H41F2N5O5. The lowest BCUT2D eigenvalue weighted by atomic mass is 9.75. The lowest BCUT2D eigenvalue weighted by Gasteiger charge is -2.47. The number of hydrogen-bond donors (Lipinski definition) is 2. The van der Waals surface area contributed by atoms with Crippen LogP contribution in [0.25, 0.3) is 32.9 Å². The van der Waals surface area contributed by atoms with Gasteiger partial charge in [-0.05, 0) is 76.1 Å². The summed E-state index contributed by atoms with van der Waals surface area (Å²) < 4.78 is 50.3. The number of aromatic nitrogens is 3. The number of pyridine rings is 1. The normalized spacial score (nSPS) is 25.0. The number of fused-ring (bicyclic) bond motifs is 4. The maximum absolute atomic E-state index is 17.2. The molecule has 4 heterocycles. The Balaban J connectivity index is 1.27. The fourth-order valence-corrected chi connectivity index (χ4v) is 8.76. The maximum Gasteiger partial charge on any atom is 0.319 e. The van der Waals surface area contributed by atoms with Crippen LogP contribution < -0.4 is 14.4 Å². The van der Waals surface area contributed by atoms with E-state index in [0.717, 1.165) is 45.1 Å². The molecule has 2 aliphatic carbocycles. The van der Waals surface area contributed by atoms with Gasteiger partial charge in [-0.25, -0.2) is 13.8 Å². The SMILES string of the molecule is C#Cc1c(F)ccc2cc(O)cc(-c3nc(OC)c4c(N5CCOC6CC65)nc(OC[C@]56CCC[C@H]5N(CC(C)(C)O)CCC6)nc4c3F)c12. The Kier molecular flexibility index (Phi) is 8.01. The number of methoxy groups -OCH3 is 1. The van der Waals surface area contributed by atoms with Gasteiger partial charge in [-0.3, -0.25) is 4.90 Å². The Labute approximate surface area is 289 Å². The first-order valence-electron chi connectivity index (χ1n) is 17.4. The monoisotopic (exact) mass is 685 g/mol. The molecule has 0 amide bonds. The van der Waals surface area contributed by atoms with Gasteiger partial charge in [0.2, 0.25) is 5.88 Å². The van der Waals surface area contributed by atoms with Gasteiger partial charge in [-0.1, -0.05) is 18.4 Å². The topological polar surface area (TPSA) is 113 Å². The number of nitrogens with zero attached hydrogens (tertiary/aromatic N) is 5. The highest BCUT2D eigenvalue weighted by atomic mass is 19.1. The second kappa shape index (κ2) is 12.2. The predicted molar refractivity (Wildman–Crippen MR) is 185 cm³/mol. The molecule has 4 aromatic rings. The van der Waals surface area contributed by atoms with Gasteiger partial charge in [0.1, 0.15) is 34.0 Å². The largest absolute Gasteiger partial charge is 0.508 e. The summed E-state index contributed by atoms with van der Waals surface area (Å²) in [5.74, 6) is 1.27. The van der Waals surface area contributed by atoms with Crippen molar-refractivity contribution in [3.63, 3.8) is 0 Å². The third-order valence-electron chi connectivity index (χ3n) is 10.9. The number of rotatable bonds is 8. The summed E-state index contributed by atoms with van der Waals surface area (Å²) in [6, 6.07) is 5.78. The van der Waals surface area contributed by atoms with Crippen molar-refractivity contribution in [2.75, 3.05) is 44.9 Å².